The number of hydrogen-bond acceptors (Lipinski definition) is 3. The zero-order chi connectivity index (χ0) is 14.0. The number of nitrogens with one attached hydrogen (secondary N) is 1. The Labute approximate surface area is 121 Å². The molecule has 0 radical (unpaired) electrons. The first-order valence-corrected chi connectivity index (χ1v) is 7.19. The lowest BCUT2D eigenvalue weighted by Crippen LogP contribution is -2.10. The van der Waals surface area contributed by atoms with Crippen molar-refractivity contribution in [3.8, 4) is 0 Å². The van der Waals surface area contributed by atoms with Crippen LogP contribution in [0.2, 0.25) is 5.02 Å². The maximum atomic E-state index is 12.1. The van der Waals surface area contributed by atoms with E-state index in [1.165, 1.54) is 11.3 Å². The van der Waals surface area contributed by atoms with E-state index >= 15 is 0 Å². The Hall–Kier alpha value is -1.39. The van der Waals surface area contributed by atoms with Gasteiger partial charge in [0.2, 0.25) is 0 Å². The average molecular weight is 295 g/mol. The summed E-state index contributed by atoms with van der Waals surface area (Å²) >= 11 is 7.57. The van der Waals surface area contributed by atoms with Gasteiger partial charge < -0.3 is 5.32 Å². The smallest absolute Gasteiger partial charge is 0.265 e. The lowest BCUT2D eigenvalue weighted by molar-refractivity contribution is 0.103. The second-order valence-electron chi connectivity index (χ2n) is 4.68. The van der Waals surface area contributed by atoms with Crippen LogP contribution >= 0.6 is 22.9 Å². The summed E-state index contributed by atoms with van der Waals surface area (Å²) in [6.45, 7) is 6.05. The predicted molar refractivity (Wildman–Crippen MR) is 80.3 cm³/mol. The summed E-state index contributed by atoms with van der Waals surface area (Å²) in [6, 6.07) is 3.60. The number of rotatable bonds is 3. The molecule has 1 amide bonds. The van der Waals surface area contributed by atoms with E-state index in [-0.39, 0.29) is 5.91 Å². The number of thiophene rings is 1. The number of carbonyl (C=O) groups is 1. The summed E-state index contributed by atoms with van der Waals surface area (Å²) in [7, 11) is 0. The first-order valence-electron chi connectivity index (χ1n) is 5.99. The van der Waals surface area contributed by atoms with Crippen LogP contribution in [-0.2, 0) is 0 Å². The molecule has 3 nitrogen and oxygen atoms in total. The molecule has 0 unspecified atom stereocenters. The zero-order valence-electron chi connectivity index (χ0n) is 11.0. The van der Waals surface area contributed by atoms with Gasteiger partial charge in [0.05, 0.1) is 21.8 Å². The summed E-state index contributed by atoms with van der Waals surface area (Å²) in [5, 5.41) is 3.49. The molecule has 0 fully saturated rings. The minimum Gasteiger partial charge on any atom is -0.320 e. The van der Waals surface area contributed by atoms with Crippen molar-refractivity contribution in [3.05, 3.63) is 44.9 Å². The molecule has 0 aliphatic heterocycles. The third-order valence-corrected chi connectivity index (χ3v) is 4.45. The van der Waals surface area contributed by atoms with Crippen molar-refractivity contribution < 1.29 is 4.79 Å². The van der Waals surface area contributed by atoms with E-state index < -0.39 is 0 Å². The normalized spacial score (nSPS) is 10.8. The number of hydrogen-bond donors (Lipinski definition) is 1. The van der Waals surface area contributed by atoms with Crippen LogP contribution in [0.15, 0.2) is 24.5 Å². The molecule has 0 saturated heterocycles. The minimum absolute atomic E-state index is 0.147. The first kappa shape index (κ1) is 14.0. The highest BCUT2D eigenvalue weighted by Gasteiger charge is 2.15. The number of carbonyl (C=O) groups excluding carboxylic acids is 1. The Morgan fingerprint density at radius 1 is 1.37 bits per heavy atom. The van der Waals surface area contributed by atoms with Crippen molar-refractivity contribution in [3.63, 3.8) is 0 Å². The largest absolute Gasteiger partial charge is 0.320 e. The number of aryl methyl sites for hydroxylation is 1. The van der Waals surface area contributed by atoms with E-state index in [1.807, 2.05) is 13.0 Å². The van der Waals surface area contributed by atoms with Crippen molar-refractivity contribution in [2.45, 2.75) is 26.7 Å². The van der Waals surface area contributed by atoms with Crippen LogP contribution in [-0.4, -0.2) is 10.9 Å². The molecule has 1 N–H and O–H groups in total. The van der Waals surface area contributed by atoms with Gasteiger partial charge >= 0.3 is 0 Å². The van der Waals surface area contributed by atoms with Gasteiger partial charge in [-0.05, 0) is 30.5 Å². The van der Waals surface area contributed by atoms with Crippen molar-refractivity contribution in [1.82, 2.24) is 4.98 Å². The number of halogens is 1. The fraction of sp³-hybridized carbons (Fsp3) is 0.286. The number of nitrogens with zero attached hydrogens (tertiary/aromatic N) is 1. The molecule has 0 aliphatic carbocycles. The Bertz CT molecular complexity index is 607. The molecule has 2 rings (SSSR count). The summed E-state index contributed by atoms with van der Waals surface area (Å²) in [6.07, 6.45) is 3.37. The maximum absolute atomic E-state index is 12.1. The molecule has 0 spiro atoms. The van der Waals surface area contributed by atoms with Gasteiger partial charge in [-0.15, -0.1) is 11.3 Å². The Morgan fingerprint density at radius 3 is 2.68 bits per heavy atom. The van der Waals surface area contributed by atoms with E-state index in [4.69, 9.17) is 11.6 Å². The second kappa shape index (κ2) is 5.72. The molecule has 0 aliphatic rings. The maximum Gasteiger partial charge on any atom is 0.265 e. The third-order valence-electron chi connectivity index (χ3n) is 2.59. The van der Waals surface area contributed by atoms with Crippen LogP contribution in [0.4, 0.5) is 5.69 Å². The average Bonchev–Trinajstić information content (AvgIpc) is 2.71. The highest BCUT2D eigenvalue weighted by molar-refractivity contribution is 7.14. The SMILES string of the molecule is Cc1cncc(NC(=O)c2cc(Cl)c(C(C)C)s2)c1. The summed E-state index contributed by atoms with van der Waals surface area (Å²) < 4.78 is 0. The van der Waals surface area contributed by atoms with Crippen LogP contribution < -0.4 is 5.32 Å². The quantitative estimate of drug-likeness (QED) is 0.907. The van der Waals surface area contributed by atoms with Gasteiger partial charge in [0, 0.05) is 11.1 Å². The summed E-state index contributed by atoms with van der Waals surface area (Å²) in [4.78, 5) is 17.8. The monoisotopic (exact) mass is 294 g/mol. The lowest BCUT2D eigenvalue weighted by atomic mass is 10.2. The van der Waals surface area contributed by atoms with Gasteiger partial charge in [-0.1, -0.05) is 25.4 Å². The third kappa shape index (κ3) is 3.33. The van der Waals surface area contributed by atoms with Crippen molar-refractivity contribution in [2.24, 2.45) is 0 Å². The Kier molecular flexibility index (Phi) is 4.22. The highest BCUT2D eigenvalue weighted by atomic mass is 35.5. The zero-order valence-corrected chi connectivity index (χ0v) is 12.6. The molecule has 5 heteroatoms. The van der Waals surface area contributed by atoms with E-state index in [2.05, 4.69) is 24.1 Å². The standard InChI is InChI=1S/C14H15ClN2OS/c1-8(2)13-11(15)5-12(19-13)14(18)17-10-4-9(3)6-16-7-10/h4-8H,1-3H3,(H,17,18). The van der Waals surface area contributed by atoms with E-state index in [9.17, 15) is 4.79 Å². The summed E-state index contributed by atoms with van der Waals surface area (Å²) in [5.41, 5.74) is 1.70. The van der Waals surface area contributed by atoms with Gasteiger partial charge in [-0.3, -0.25) is 9.78 Å². The number of aromatic nitrogens is 1. The fourth-order valence-electron chi connectivity index (χ4n) is 1.70. The predicted octanol–water partition coefficient (Wildman–Crippen LogP) is 4.48. The molecule has 19 heavy (non-hydrogen) atoms. The van der Waals surface area contributed by atoms with E-state index in [0.717, 1.165) is 10.4 Å². The minimum atomic E-state index is -0.147. The Balaban J connectivity index is 2.18. The molecule has 2 heterocycles. The van der Waals surface area contributed by atoms with Crippen LogP contribution in [0.3, 0.4) is 0 Å². The van der Waals surface area contributed by atoms with Crippen LogP contribution in [0.1, 0.15) is 39.9 Å². The number of anilines is 1. The van der Waals surface area contributed by atoms with E-state index in [1.54, 1.807) is 18.5 Å². The van der Waals surface area contributed by atoms with Crippen LogP contribution in [0.25, 0.3) is 0 Å². The molecule has 2 aromatic rings. The molecular formula is C14H15ClN2OS. The van der Waals surface area contributed by atoms with Crippen LogP contribution in [0, 0.1) is 6.92 Å². The number of amides is 1. The van der Waals surface area contributed by atoms with Crippen LogP contribution in [0.5, 0.6) is 0 Å². The van der Waals surface area contributed by atoms with Gasteiger partial charge in [0.1, 0.15) is 0 Å². The van der Waals surface area contributed by atoms with Crippen molar-refractivity contribution in [2.75, 3.05) is 5.32 Å². The number of pyridine rings is 1. The summed E-state index contributed by atoms with van der Waals surface area (Å²) in [5.74, 6) is 0.172. The first-order chi connectivity index (χ1) is 8.97. The topological polar surface area (TPSA) is 42.0 Å². The molecule has 2 aromatic heterocycles. The molecular weight excluding hydrogens is 280 g/mol. The molecule has 100 valence electrons. The van der Waals surface area contributed by atoms with Gasteiger partial charge in [0.15, 0.2) is 0 Å². The van der Waals surface area contributed by atoms with Gasteiger partial charge in [-0.2, -0.15) is 0 Å². The van der Waals surface area contributed by atoms with Crippen molar-refractivity contribution in [1.29, 1.82) is 0 Å². The lowest BCUT2D eigenvalue weighted by Gasteiger charge is -2.03. The van der Waals surface area contributed by atoms with Crippen molar-refractivity contribution >= 4 is 34.5 Å². The fourth-order valence-corrected chi connectivity index (χ4v) is 3.16. The molecule has 0 aromatic carbocycles. The highest BCUT2D eigenvalue weighted by Crippen LogP contribution is 2.33. The second-order valence-corrected chi connectivity index (χ2v) is 6.17. The van der Waals surface area contributed by atoms with Gasteiger partial charge in [-0.25, -0.2) is 0 Å². The molecule has 0 bridgehead atoms. The molecule has 0 atom stereocenters. The van der Waals surface area contributed by atoms with Gasteiger partial charge in [0.25, 0.3) is 5.91 Å². The Morgan fingerprint density at radius 2 is 2.11 bits per heavy atom. The van der Waals surface area contributed by atoms with E-state index in [0.29, 0.717) is 21.5 Å². The molecule has 0 saturated carbocycles.